The van der Waals surface area contributed by atoms with Crippen molar-refractivity contribution < 1.29 is 24.1 Å². The molecule has 0 radical (unpaired) electrons. The minimum Gasteiger partial charge on any atom is -0.481 e. The monoisotopic (exact) mass is 226 g/mol. The Labute approximate surface area is 93.6 Å². The van der Waals surface area contributed by atoms with Crippen LogP contribution in [-0.2, 0) is 14.3 Å². The number of hydrogen-bond acceptors (Lipinski definition) is 4. The summed E-state index contributed by atoms with van der Waals surface area (Å²) in [6.45, 7) is -0.392. The van der Waals surface area contributed by atoms with Crippen LogP contribution in [0.15, 0.2) is 24.3 Å². The standard InChI is InChI=1S/C11H14O5/c1-14-11(15-2)8-5-3-4-6-9(8)16-7-10(12)13/h3-6,11H,7H2,1-2H3,(H,12,13). The SMILES string of the molecule is COC(OC)c1ccccc1OCC(=O)O. The van der Waals surface area contributed by atoms with E-state index in [1.165, 1.54) is 14.2 Å². The van der Waals surface area contributed by atoms with Gasteiger partial charge in [0.1, 0.15) is 5.75 Å². The normalized spacial score (nSPS) is 10.4. The van der Waals surface area contributed by atoms with Crippen LogP contribution in [0.25, 0.3) is 0 Å². The number of rotatable bonds is 6. The highest BCUT2D eigenvalue weighted by atomic mass is 16.7. The van der Waals surface area contributed by atoms with Gasteiger partial charge < -0.3 is 19.3 Å². The molecule has 88 valence electrons. The van der Waals surface area contributed by atoms with E-state index in [-0.39, 0.29) is 0 Å². The predicted octanol–water partition coefficient (Wildman–Crippen LogP) is 1.44. The maximum Gasteiger partial charge on any atom is 0.341 e. The first-order valence-corrected chi connectivity index (χ1v) is 4.68. The third-order valence-corrected chi connectivity index (χ3v) is 1.95. The van der Waals surface area contributed by atoms with Crippen molar-refractivity contribution in [1.29, 1.82) is 0 Å². The van der Waals surface area contributed by atoms with Gasteiger partial charge in [-0.25, -0.2) is 4.79 Å². The number of carboxylic acids is 1. The topological polar surface area (TPSA) is 65.0 Å². The summed E-state index contributed by atoms with van der Waals surface area (Å²) in [7, 11) is 3.00. The van der Waals surface area contributed by atoms with E-state index in [0.717, 1.165) is 0 Å². The molecule has 0 aliphatic carbocycles. The quantitative estimate of drug-likeness (QED) is 0.743. The number of methoxy groups -OCH3 is 2. The molecular weight excluding hydrogens is 212 g/mol. The van der Waals surface area contributed by atoms with Crippen molar-refractivity contribution in [1.82, 2.24) is 0 Å². The van der Waals surface area contributed by atoms with Gasteiger partial charge in [-0.05, 0) is 6.07 Å². The first-order valence-electron chi connectivity index (χ1n) is 4.68. The van der Waals surface area contributed by atoms with E-state index in [0.29, 0.717) is 11.3 Å². The number of benzene rings is 1. The lowest BCUT2D eigenvalue weighted by molar-refractivity contribution is -0.139. The molecule has 0 heterocycles. The zero-order valence-corrected chi connectivity index (χ0v) is 9.17. The van der Waals surface area contributed by atoms with Crippen molar-refractivity contribution >= 4 is 5.97 Å². The van der Waals surface area contributed by atoms with Gasteiger partial charge in [-0.2, -0.15) is 0 Å². The van der Waals surface area contributed by atoms with E-state index in [1.54, 1.807) is 24.3 Å². The molecule has 1 aromatic rings. The number of ether oxygens (including phenoxy) is 3. The molecule has 0 aromatic heterocycles. The summed E-state index contributed by atoms with van der Waals surface area (Å²) in [5.74, 6) is -0.584. The van der Waals surface area contributed by atoms with Crippen molar-refractivity contribution in [3.05, 3.63) is 29.8 Å². The molecule has 0 saturated carbocycles. The van der Waals surface area contributed by atoms with Gasteiger partial charge in [0.2, 0.25) is 0 Å². The fourth-order valence-electron chi connectivity index (χ4n) is 1.30. The van der Waals surface area contributed by atoms with Crippen LogP contribution in [0, 0.1) is 0 Å². The smallest absolute Gasteiger partial charge is 0.341 e. The van der Waals surface area contributed by atoms with Gasteiger partial charge in [-0.15, -0.1) is 0 Å². The third kappa shape index (κ3) is 3.22. The van der Waals surface area contributed by atoms with Gasteiger partial charge in [0.25, 0.3) is 0 Å². The summed E-state index contributed by atoms with van der Waals surface area (Å²) in [6.07, 6.45) is -0.565. The summed E-state index contributed by atoms with van der Waals surface area (Å²) in [5.41, 5.74) is 0.661. The molecule has 0 aliphatic rings. The fourth-order valence-corrected chi connectivity index (χ4v) is 1.30. The van der Waals surface area contributed by atoms with Gasteiger partial charge in [0.05, 0.1) is 0 Å². The molecule has 5 heteroatoms. The first kappa shape index (κ1) is 12.5. The fraction of sp³-hybridized carbons (Fsp3) is 0.364. The van der Waals surface area contributed by atoms with Gasteiger partial charge >= 0.3 is 5.97 Å². The van der Waals surface area contributed by atoms with E-state index >= 15 is 0 Å². The van der Waals surface area contributed by atoms with E-state index in [1.807, 2.05) is 0 Å². The highest BCUT2D eigenvalue weighted by Crippen LogP contribution is 2.27. The average Bonchev–Trinajstić information content (AvgIpc) is 2.29. The summed E-state index contributed by atoms with van der Waals surface area (Å²) >= 11 is 0. The van der Waals surface area contributed by atoms with E-state index < -0.39 is 18.9 Å². The molecule has 5 nitrogen and oxygen atoms in total. The Kier molecular flexibility index (Phi) is 4.75. The number of carbonyl (C=O) groups is 1. The highest BCUT2D eigenvalue weighted by molar-refractivity contribution is 5.68. The van der Waals surface area contributed by atoms with E-state index in [9.17, 15) is 4.79 Å². The van der Waals surface area contributed by atoms with Crippen LogP contribution in [0.4, 0.5) is 0 Å². The lowest BCUT2D eigenvalue weighted by atomic mass is 10.2. The van der Waals surface area contributed by atoms with Crippen molar-refractivity contribution in [2.75, 3.05) is 20.8 Å². The van der Waals surface area contributed by atoms with Crippen molar-refractivity contribution in [3.63, 3.8) is 0 Å². The Hall–Kier alpha value is -1.59. The zero-order valence-electron chi connectivity index (χ0n) is 9.17. The van der Waals surface area contributed by atoms with Crippen LogP contribution < -0.4 is 4.74 Å². The summed E-state index contributed by atoms with van der Waals surface area (Å²) in [4.78, 5) is 10.4. The number of aliphatic carboxylic acids is 1. The second kappa shape index (κ2) is 6.09. The van der Waals surface area contributed by atoms with Crippen molar-refractivity contribution in [2.45, 2.75) is 6.29 Å². The second-order valence-electron chi connectivity index (χ2n) is 3.02. The van der Waals surface area contributed by atoms with Crippen LogP contribution >= 0.6 is 0 Å². The Bertz CT molecular complexity index is 346. The van der Waals surface area contributed by atoms with Crippen LogP contribution in [0.5, 0.6) is 5.75 Å². The summed E-state index contributed by atoms with van der Waals surface area (Å²) in [6, 6.07) is 6.98. The largest absolute Gasteiger partial charge is 0.481 e. The molecule has 0 saturated heterocycles. The molecule has 0 bridgehead atoms. The predicted molar refractivity (Wildman–Crippen MR) is 56.3 cm³/mol. The van der Waals surface area contributed by atoms with E-state index in [2.05, 4.69) is 0 Å². The Morgan fingerprint density at radius 2 is 1.94 bits per heavy atom. The van der Waals surface area contributed by atoms with Crippen LogP contribution in [0.3, 0.4) is 0 Å². The number of carboxylic acid groups (broad SMARTS) is 1. The molecule has 0 unspecified atom stereocenters. The second-order valence-corrected chi connectivity index (χ2v) is 3.02. The van der Waals surface area contributed by atoms with Gasteiger partial charge in [-0.1, -0.05) is 18.2 Å². The molecule has 0 amide bonds. The Morgan fingerprint density at radius 1 is 1.31 bits per heavy atom. The molecule has 0 atom stereocenters. The summed E-state index contributed by atoms with van der Waals surface area (Å²) < 4.78 is 15.3. The van der Waals surface area contributed by atoms with E-state index in [4.69, 9.17) is 19.3 Å². The van der Waals surface area contributed by atoms with Gasteiger partial charge in [0, 0.05) is 19.8 Å². The third-order valence-electron chi connectivity index (χ3n) is 1.95. The van der Waals surface area contributed by atoms with Gasteiger partial charge in [-0.3, -0.25) is 0 Å². The summed E-state index contributed by atoms with van der Waals surface area (Å²) in [5, 5.41) is 8.53. The molecular formula is C11H14O5. The Morgan fingerprint density at radius 3 is 2.50 bits per heavy atom. The molecule has 0 spiro atoms. The van der Waals surface area contributed by atoms with Crippen LogP contribution in [-0.4, -0.2) is 31.9 Å². The number of hydrogen-bond donors (Lipinski definition) is 1. The van der Waals surface area contributed by atoms with Crippen LogP contribution in [0.1, 0.15) is 11.9 Å². The maximum absolute atomic E-state index is 10.4. The van der Waals surface area contributed by atoms with Crippen molar-refractivity contribution in [2.24, 2.45) is 0 Å². The molecule has 1 N–H and O–H groups in total. The van der Waals surface area contributed by atoms with Gasteiger partial charge in [0.15, 0.2) is 12.9 Å². The van der Waals surface area contributed by atoms with Crippen LogP contribution in [0.2, 0.25) is 0 Å². The Balaban J connectivity index is 2.86. The molecule has 1 rings (SSSR count). The zero-order chi connectivity index (χ0) is 12.0. The molecule has 0 aliphatic heterocycles. The lowest BCUT2D eigenvalue weighted by Gasteiger charge is -2.17. The molecule has 0 fully saturated rings. The highest BCUT2D eigenvalue weighted by Gasteiger charge is 2.14. The molecule has 1 aromatic carbocycles. The average molecular weight is 226 g/mol. The molecule has 16 heavy (non-hydrogen) atoms. The number of para-hydroxylation sites is 1. The minimum absolute atomic E-state index is 0.392. The first-order chi connectivity index (χ1) is 7.69. The van der Waals surface area contributed by atoms with Crippen molar-refractivity contribution in [3.8, 4) is 5.75 Å². The maximum atomic E-state index is 10.4. The lowest BCUT2D eigenvalue weighted by Crippen LogP contribution is -2.12. The minimum atomic E-state index is -1.03.